The lowest BCUT2D eigenvalue weighted by Crippen LogP contribution is -2.42. The van der Waals surface area contributed by atoms with Crippen LogP contribution in [0.15, 0.2) is 69.3 Å². The highest BCUT2D eigenvalue weighted by molar-refractivity contribution is 7.90. The first-order chi connectivity index (χ1) is 12.9. The number of rotatable bonds is 6. The number of benzene rings is 1. The van der Waals surface area contributed by atoms with Gasteiger partial charge in [-0.3, -0.25) is 20.4 Å². The minimum Gasteiger partial charge on any atom is -0.455 e. The summed E-state index contributed by atoms with van der Waals surface area (Å²) in [5, 5.41) is 1.86. The van der Waals surface area contributed by atoms with Crippen molar-refractivity contribution in [3.05, 3.63) is 76.4 Å². The van der Waals surface area contributed by atoms with Crippen molar-refractivity contribution in [3.8, 4) is 0 Å². The van der Waals surface area contributed by atoms with E-state index in [0.29, 0.717) is 0 Å². The predicted molar refractivity (Wildman–Crippen MR) is 99.7 cm³/mol. The van der Waals surface area contributed by atoms with Crippen LogP contribution in [0.25, 0.3) is 0 Å². The fraction of sp³-hybridized carbons (Fsp3) is 0.111. The molecule has 0 aliphatic heterocycles. The van der Waals surface area contributed by atoms with Gasteiger partial charge in [0.15, 0.2) is 15.6 Å². The van der Waals surface area contributed by atoms with E-state index >= 15 is 0 Å². The Balaban J connectivity index is 1.57. The Kier molecular flexibility index (Phi) is 5.72. The Hall–Kier alpha value is -2.91. The molecule has 0 fully saturated rings. The molecule has 1 aromatic carbocycles. The van der Waals surface area contributed by atoms with Gasteiger partial charge in [-0.25, -0.2) is 8.42 Å². The fourth-order valence-electron chi connectivity index (χ4n) is 2.28. The first-order valence-corrected chi connectivity index (χ1v) is 10.5. The summed E-state index contributed by atoms with van der Waals surface area (Å²) < 4.78 is 30.0. The quantitative estimate of drug-likeness (QED) is 0.614. The van der Waals surface area contributed by atoms with Crippen LogP contribution < -0.4 is 10.9 Å². The molecule has 27 heavy (non-hydrogen) atoms. The number of thiophene rings is 1. The lowest BCUT2D eigenvalue weighted by molar-refractivity contribution is -0.121. The van der Waals surface area contributed by atoms with Gasteiger partial charge in [-0.05, 0) is 35.7 Å². The summed E-state index contributed by atoms with van der Waals surface area (Å²) in [5.41, 5.74) is 4.53. The molecule has 3 rings (SSSR count). The number of hydrazine groups is 1. The zero-order valence-corrected chi connectivity index (χ0v) is 15.7. The molecule has 7 nitrogen and oxygen atoms in total. The van der Waals surface area contributed by atoms with Gasteiger partial charge in [0.25, 0.3) is 0 Å². The van der Waals surface area contributed by atoms with Crippen LogP contribution in [-0.2, 0) is 26.8 Å². The smallest absolute Gasteiger partial charge is 0.305 e. The average molecular weight is 404 g/mol. The highest BCUT2D eigenvalue weighted by Gasteiger charge is 2.19. The summed E-state index contributed by atoms with van der Waals surface area (Å²) in [6, 6.07) is 14.4. The largest absolute Gasteiger partial charge is 0.455 e. The number of amides is 2. The Morgan fingerprint density at radius 1 is 0.963 bits per heavy atom. The highest BCUT2D eigenvalue weighted by atomic mass is 32.2. The Morgan fingerprint density at radius 2 is 1.74 bits per heavy atom. The van der Waals surface area contributed by atoms with E-state index in [1.54, 1.807) is 18.2 Å². The number of furan rings is 1. The maximum atomic E-state index is 12.3. The maximum absolute atomic E-state index is 12.3. The predicted octanol–water partition coefficient (Wildman–Crippen LogP) is 2.32. The van der Waals surface area contributed by atoms with Crippen molar-refractivity contribution >= 4 is 33.0 Å². The molecular formula is C18H16N2O5S2. The fourth-order valence-corrected chi connectivity index (χ4v) is 4.25. The first kappa shape index (κ1) is 18.9. The van der Waals surface area contributed by atoms with Crippen LogP contribution in [0.4, 0.5) is 0 Å². The van der Waals surface area contributed by atoms with Gasteiger partial charge in [-0.15, -0.1) is 11.3 Å². The SMILES string of the molecule is O=C(Cc1cccs1)NNC(=O)c1ccc(CS(=O)(=O)c2ccccc2)o1. The molecule has 2 N–H and O–H groups in total. The van der Waals surface area contributed by atoms with E-state index < -0.39 is 15.7 Å². The van der Waals surface area contributed by atoms with Gasteiger partial charge in [0.1, 0.15) is 11.5 Å². The van der Waals surface area contributed by atoms with Crippen molar-refractivity contribution in [2.75, 3.05) is 0 Å². The van der Waals surface area contributed by atoms with Crippen LogP contribution in [0.5, 0.6) is 0 Å². The van der Waals surface area contributed by atoms with Crippen LogP contribution in [0, 0.1) is 0 Å². The molecule has 2 heterocycles. The van der Waals surface area contributed by atoms with Gasteiger partial charge in [-0.2, -0.15) is 0 Å². The number of hydrogen-bond acceptors (Lipinski definition) is 6. The van der Waals surface area contributed by atoms with Crippen molar-refractivity contribution in [1.82, 2.24) is 10.9 Å². The van der Waals surface area contributed by atoms with Gasteiger partial charge >= 0.3 is 5.91 Å². The lowest BCUT2D eigenvalue weighted by atomic mass is 10.3. The molecule has 2 aromatic heterocycles. The molecule has 2 amide bonds. The molecule has 0 atom stereocenters. The van der Waals surface area contributed by atoms with Crippen molar-refractivity contribution in [2.45, 2.75) is 17.1 Å². The zero-order chi connectivity index (χ0) is 19.3. The van der Waals surface area contributed by atoms with Crippen molar-refractivity contribution < 1.29 is 22.4 Å². The number of hydrogen-bond donors (Lipinski definition) is 2. The molecule has 3 aromatic rings. The van der Waals surface area contributed by atoms with Crippen molar-refractivity contribution in [1.29, 1.82) is 0 Å². The van der Waals surface area contributed by atoms with E-state index in [9.17, 15) is 18.0 Å². The summed E-state index contributed by atoms with van der Waals surface area (Å²) in [6.07, 6.45) is 0.149. The molecule has 9 heteroatoms. The van der Waals surface area contributed by atoms with E-state index in [1.807, 2.05) is 17.5 Å². The summed E-state index contributed by atoms with van der Waals surface area (Å²) in [7, 11) is -3.57. The second-order valence-corrected chi connectivity index (χ2v) is 8.62. The van der Waals surface area contributed by atoms with Gasteiger partial charge < -0.3 is 4.42 Å². The Bertz CT molecular complexity index is 1020. The van der Waals surface area contributed by atoms with Crippen LogP contribution in [-0.4, -0.2) is 20.2 Å². The summed E-state index contributed by atoms with van der Waals surface area (Å²) in [4.78, 5) is 24.8. The third kappa shape index (κ3) is 5.05. The molecule has 0 bridgehead atoms. The second kappa shape index (κ2) is 8.19. The standard InChI is InChI=1S/C18H16N2O5S2/c21-17(11-14-5-4-10-26-14)19-20-18(22)16-9-8-13(25-16)12-27(23,24)15-6-2-1-3-7-15/h1-10H,11-12H2,(H,19,21)(H,20,22). The molecule has 0 saturated carbocycles. The molecular weight excluding hydrogens is 388 g/mol. The van der Waals surface area contributed by atoms with Gasteiger partial charge in [0.05, 0.1) is 11.3 Å². The number of carbonyl (C=O) groups is 2. The van der Waals surface area contributed by atoms with Crippen LogP contribution in [0.2, 0.25) is 0 Å². The molecule has 0 aliphatic rings. The second-order valence-electron chi connectivity index (χ2n) is 5.60. The van der Waals surface area contributed by atoms with Crippen molar-refractivity contribution in [3.63, 3.8) is 0 Å². The molecule has 0 spiro atoms. The normalized spacial score (nSPS) is 11.1. The van der Waals surface area contributed by atoms with Crippen molar-refractivity contribution in [2.24, 2.45) is 0 Å². The lowest BCUT2D eigenvalue weighted by Gasteiger charge is -2.05. The zero-order valence-electron chi connectivity index (χ0n) is 14.0. The third-order valence-electron chi connectivity index (χ3n) is 3.55. The summed E-state index contributed by atoms with van der Waals surface area (Å²) >= 11 is 1.44. The van der Waals surface area contributed by atoms with Gasteiger partial charge in [0, 0.05) is 4.88 Å². The Morgan fingerprint density at radius 3 is 2.44 bits per heavy atom. The minimum atomic E-state index is -3.57. The number of carbonyl (C=O) groups excluding carboxylic acids is 2. The van der Waals surface area contributed by atoms with Gasteiger partial charge in [0.2, 0.25) is 5.91 Å². The molecule has 140 valence electrons. The van der Waals surface area contributed by atoms with E-state index in [-0.39, 0.29) is 34.5 Å². The topological polar surface area (TPSA) is 105 Å². The molecule has 0 unspecified atom stereocenters. The van der Waals surface area contributed by atoms with E-state index in [2.05, 4.69) is 10.9 Å². The van der Waals surface area contributed by atoms with E-state index in [1.165, 1.54) is 35.6 Å². The summed E-state index contributed by atoms with van der Waals surface area (Å²) in [5.74, 6) is -1.37. The van der Waals surface area contributed by atoms with Crippen LogP contribution in [0.1, 0.15) is 21.2 Å². The number of sulfone groups is 1. The molecule has 0 radical (unpaired) electrons. The van der Waals surface area contributed by atoms with Crippen LogP contribution in [0.3, 0.4) is 0 Å². The first-order valence-electron chi connectivity index (χ1n) is 7.92. The van der Waals surface area contributed by atoms with Gasteiger partial charge in [-0.1, -0.05) is 24.3 Å². The van der Waals surface area contributed by atoms with E-state index in [4.69, 9.17) is 4.42 Å². The highest BCUT2D eigenvalue weighted by Crippen LogP contribution is 2.18. The summed E-state index contributed by atoms with van der Waals surface area (Å²) in [6.45, 7) is 0. The molecule has 0 aliphatic carbocycles. The molecule has 0 saturated heterocycles. The van der Waals surface area contributed by atoms with Crippen LogP contribution >= 0.6 is 11.3 Å². The third-order valence-corrected chi connectivity index (χ3v) is 6.08. The number of nitrogens with one attached hydrogen (secondary N) is 2. The monoisotopic (exact) mass is 404 g/mol. The van der Waals surface area contributed by atoms with E-state index in [0.717, 1.165) is 4.88 Å². The Labute approximate surface area is 159 Å². The minimum absolute atomic E-state index is 0.0929. The maximum Gasteiger partial charge on any atom is 0.305 e. The average Bonchev–Trinajstić information content (AvgIpc) is 3.32.